The SMILES string of the molecule is COC([SiH3])(OC)C(C)COCC1CO1. The highest BCUT2D eigenvalue weighted by atomic mass is 28.1. The average molecular weight is 220 g/mol. The Morgan fingerprint density at radius 3 is 2.50 bits per heavy atom. The van der Waals surface area contributed by atoms with Crippen LogP contribution in [0.1, 0.15) is 6.92 Å². The third-order valence-corrected chi connectivity index (χ3v) is 4.58. The van der Waals surface area contributed by atoms with Crippen LogP contribution < -0.4 is 0 Å². The highest BCUT2D eigenvalue weighted by Gasteiger charge is 2.31. The van der Waals surface area contributed by atoms with E-state index in [4.69, 9.17) is 18.9 Å². The van der Waals surface area contributed by atoms with Crippen LogP contribution in [0.3, 0.4) is 0 Å². The molecular weight excluding hydrogens is 200 g/mol. The normalized spacial score (nSPS) is 23.8. The molecule has 1 heterocycles. The highest BCUT2D eigenvalue weighted by Crippen LogP contribution is 2.19. The van der Waals surface area contributed by atoms with Crippen LogP contribution in [0.4, 0.5) is 0 Å². The van der Waals surface area contributed by atoms with E-state index in [1.807, 2.05) is 0 Å². The van der Waals surface area contributed by atoms with Crippen LogP contribution in [0.25, 0.3) is 0 Å². The number of ether oxygens (including phenoxy) is 4. The zero-order valence-corrected chi connectivity index (χ0v) is 11.4. The third-order valence-electron chi connectivity index (χ3n) is 2.78. The van der Waals surface area contributed by atoms with Gasteiger partial charge in [-0.25, -0.2) is 0 Å². The number of hydrogen-bond donors (Lipinski definition) is 0. The van der Waals surface area contributed by atoms with Crippen LogP contribution in [-0.4, -0.2) is 55.8 Å². The molecule has 0 aromatic rings. The van der Waals surface area contributed by atoms with E-state index in [0.29, 0.717) is 19.3 Å². The summed E-state index contributed by atoms with van der Waals surface area (Å²) < 4.78 is 21.3. The Bertz CT molecular complexity index is 168. The van der Waals surface area contributed by atoms with Crippen molar-refractivity contribution in [3.63, 3.8) is 0 Å². The predicted octanol–water partition coefficient (Wildman–Crippen LogP) is -0.650. The minimum absolute atomic E-state index is 0.253. The lowest BCUT2D eigenvalue weighted by Crippen LogP contribution is -2.43. The lowest BCUT2D eigenvalue weighted by molar-refractivity contribution is -0.183. The number of rotatable bonds is 7. The van der Waals surface area contributed by atoms with Gasteiger partial charge in [-0.05, 0) is 0 Å². The number of epoxide rings is 1. The van der Waals surface area contributed by atoms with Gasteiger partial charge in [0.15, 0.2) is 0 Å². The summed E-state index contributed by atoms with van der Waals surface area (Å²) in [6, 6.07) is 0. The zero-order chi connectivity index (χ0) is 10.6. The Balaban J connectivity index is 2.19. The molecule has 4 nitrogen and oxygen atoms in total. The fourth-order valence-electron chi connectivity index (χ4n) is 1.18. The zero-order valence-electron chi connectivity index (χ0n) is 9.41. The maximum Gasteiger partial charge on any atom is 0.145 e. The molecule has 1 saturated heterocycles. The summed E-state index contributed by atoms with van der Waals surface area (Å²) in [4.78, 5) is 0. The summed E-state index contributed by atoms with van der Waals surface area (Å²) in [7, 11) is 4.18. The Labute approximate surface area is 88.3 Å². The van der Waals surface area contributed by atoms with E-state index in [2.05, 4.69) is 6.92 Å². The van der Waals surface area contributed by atoms with Gasteiger partial charge in [0.1, 0.15) is 11.5 Å². The molecule has 2 unspecified atom stereocenters. The first kappa shape index (κ1) is 12.1. The molecule has 0 spiro atoms. The summed E-state index contributed by atoms with van der Waals surface area (Å²) >= 11 is 0. The molecule has 1 fully saturated rings. The maximum absolute atomic E-state index is 5.51. The van der Waals surface area contributed by atoms with E-state index in [9.17, 15) is 0 Å². The monoisotopic (exact) mass is 220 g/mol. The van der Waals surface area contributed by atoms with Crippen LogP contribution in [0, 0.1) is 5.92 Å². The molecule has 84 valence electrons. The van der Waals surface area contributed by atoms with E-state index in [0.717, 1.165) is 16.8 Å². The van der Waals surface area contributed by atoms with Gasteiger partial charge in [-0.2, -0.15) is 0 Å². The molecule has 0 N–H and O–H groups in total. The van der Waals surface area contributed by atoms with Crippen molar-refractivity contribution in [2.45, 2.75) is 18.4 Å². The molecule has 0 aromatic carbocycles. The van der Waals surface area contributed by atoms with Crippen molar-refractivity contribution >= 4 is 10.2 Å². The van der Waals surface area contributed by atoms with Crippen molar-refractivity contribution < 1.29 is 18.9 Å². The predicted molar refractivity (Wildman–Crippen MR) is 56.4 cm³/mol. The van der Waals surface area contributed by atoms with Crippen LogP contribution >= 0.6 is 0 Å². The van der Waals surface area contributed by atoms with Crippen molar-refractivity contribution in [2.24, 2.45) is 5.92 Å². The van der Waals surface area contributed by atoms with Gasteiger partial charge in [-0.15, -0.1) is 0 Å². The second kappa shape index (κ2) is 5.23. The first-order valence-electron chi connectivity index (χ1n) is 4.92. The molecule has 1 aliphatic rings. The number of methoxy groups -OCH3 is 2. The average Bonchev–Trinajstić information content (AvgIpc) is 3.00. The maximum atomic E-state index is 5.51. The van der Waals surface area contributed by atoms with Gasteiger partial charge in [0.2, 0.25) is 0 Å². The highest BCUT2D eigenvalue weighted by molar-refractivity contribution is 6.13. The van der Waals surface area contributed by atoms with E-state index < -0.39 is 5.41 Å². The molecule has 0 bridgehead atoms. The van der Waals surface area contributed by atoms with Crippen LogP contribution in [-0.2, 0) is 18.9 Å². The first-order chi connectivity index (χ1) is 6.62. The van der Waals surface area contributed by atoms with E-state index in [1.165, 1.54) is 0 Å². The van der Waals surface area contributed by atoms with Gasteiger partial charge in [-0.1, -0.05) is 6.92 Å². The summed E-state index contributed by atoms with van der Waals surface area (Å²) in [6.07, 6.45) is 0.329. The van der Waals surface area contributed by atoms with Crippen molar-refractivity contribution in [3.8, 4) is 0 Å². The lowest BCUT2D eigenvalue weighted by atomic mass is 10.2. The molecule has 0 amide bonds. The minimum Gasteiger partial charge on any atom is -0.378 e. The van der Waals surface area contributed by atoms with Gasteiger partial charge >= 0.3 is 0 Å². The molecule has 14 heavy (non-hydrogen) atoms. The molecule has 5 heteroatoms. The molecule has 0 saturated carbocycles. The van der Waals surface area contributed by atoms with Crippen molar-refractivity contribution in [1.29, 1.82) is 0 Å². The van der Waals surface area contributed by atoms with Gasteiger partial charge in [0, 0.05) is 20.1 Å². The molecule has 2 atom stereocenters. The first-order valence-corrected chi connectivity index (χ1v) is 5.92. The lowest BCUT2D eigenvalue weighted by Gasteiger charge is -2.32. The van der Waals surface area contributed by atoms with Gasteiger partial charge in [0.05, 0.1) is 30.1 Å². The molecule has 1 rings (SSSR count). The Kier molecular flexibility index (Phi) is 4.53. The third kappa shape index (κ3) is 3.32. The van der Waals surface area contributed by atoms with Gasteiger partial charge in [0.25, 0.3) is 0 Å². The molecule has 0 aliphatic carbocycles. The van der Waals surface area contributed by atoms with Crippen LogP contribution in [0.2, 0.25) is 0 Å². The minimum atomic E-state index is -0.426. The summed E-state index contributed by atoms with van der Waals surface area (Å²) in [5, 5.41) is 0. The van der Waals surface area contributed by atoms with Crippen molar-refractivity contribution in [2.75, 3.05) is 34.0 Å². The van der Waals surface area contributed by atoms with Crippen molar-refractivity contribution in [1.82, 2.24) is 0 Å². The fourth-order valence-corrected chi connectivity index (χ4v) is 1.34. The number of hydrogen-bond acceptors (Lipinski definition) is 4. The molecular formula is C9H20O4Si. The fraction of sp³-hybridized carbons (Fsp3) is 1.00. The van der Waals surface area contributed by atoms with E-state index in [-0.39, 0.29) is 5.92 Å². The second-order valence-electron chi connectivity index (χ2n) is 3.82. The van der Waals surface area contributed by atoms with E-state index in [1.54, 1.807) is 14.2 Å². The van der Waals surface area contributed by atoms with Gasteiger partial charge < -0.3 is 18.9 Å². The Hall–Kier alpha value is 0.0569. The largest absolute Gasteiger partial charge is 0.378 e. The summed E-state index contributed by atoms with van der Waals surface area (Å²) in [5.74, 6) is 0.253. The second-order valence-corrected chi connectivity index (χ2v) is 5.21. The van der Waals surface area contributed by atoms with Crippen LogP contribution in [0.5, 0.6) is 0 Å². The van der Waals surface area contributed by atoms with Gasteiger partial charge in [-0.3, -0.25) is 0 Å². The Morgan fingerprint density at radius 1 is 1.50 bits per heavy atom. The summed E-state index contributed by atoms with van der Waals surface area (Å²) in [6.45, 7) is 4.27. The smallest absolute Gasteiger partial charge is 0.145 e. The topological polar surface area (TPSA) is 40.2 Å². The van der Waals surface area contributed by atoms with Crippen molar-refractivity contribution in [3.05, 3.63) is 0 Å². The molecule has 0 radical (unpaired) electrons. The quantitative estimate of drug-likeness (QED) is 0.325. The summed E-state index contributed by atoms with van der Waals surface area (Å²) in [5.41, 5.74) is -0.426. The van der Waals surface area contributed by atoms with Crippen LogP contribution in [0.15, 0.2) is 0 Å². The standard InChI is InChI=1S/C9H20O4Si/c1-7(9(14,10-2)11-3)4-12-5-8-6-13-8/h7-8H,4-6H2,1-3,14H3. The molecule has 0 aromatic heterocycles. The van der Waals surface area contributed by atoms with E-state index >= 15 is 0 Å². The Morgan fingerprint density at radius 2 is 2.07 bits per heavy atom. The molecule has 1 aliphatic heterocycles.